The Bertz CT molecular complexity index is 859. The topological polar surface area (TPSA) is 105 Å². The van der Waals surface area contributed by atoms with Crippen LogP contribution in [0, 0.1) is 10.1 Å². The molecular formula is C21H24N4O4. The molecule has 0 aromatic heterocycles. The number of piperidine rings is 1. The minimum Gasteiger partial charge on any atom is -0.372 e. The Kier molecular flexibility index (Phi) is 6.78. The number of nitro groups is 1. The molecule has 1 heterocycles. The third kappa shape index (κ3) is 5.78. The van der Waals surface area contributed by atoms with Crippen LogP contribution in [-0.2, 0) is 16.0 Å². The number of nitro benzene ring substituents is 1. The van der Waals surface area contributed by atoms with Gasteiger partial charge in [0, 0.05) is 43.1 Å². The predicted molar refractivity (Wildman–Crippen MR) is 111 cm³/mol. The zero-order valence-electron chi connectivity index (χ0n) is 16.1. The minimum atomic E-state index is -0.806. The fourth-order valence-corrected chi connectivity index (χ4v) is 3.28. The summed E-state index contributed by atoms with van der Waals surface area (Å²) in [4.78, 5) is 36.4. The van der Waals surface area contributed by atoms with Crippen molar-refractivity contribution in [3.05, 3.63) is 64.2 Å². The molecule has 0 saturated carbocycles. The van der Waals surface area contributed by atoms with E-state index >= 15 is 0 Å². The van der Waals surface area contributed by atoms with Crippen molar-refractivity contribution in [1.29, 1.82) is 0 Å². The van der Waals surface area contributed by atoms with Crippen molar-refractivity contribution in [2.45, 2.75) is 25.7 Å². The number of non-ortho nitro benzene ring substituents is 1. The van der Waals surface area contributed by atoms with Crippen molar-refractivity contribution < 1.29 is 14.5 Å². The first-order valence-corrected chi connectivity index (χ1v) is 9.70. The van der Waals surface area contributed by atoms with Crippen molar-refractivity contribution in [3.8, 4) is 0 Å². The molecule has 2 aromatic rings. The third-order valence-corrected chi connectivity index (χ3v) is 4.90. The van der Waals surface area contributed by atoms with E-state index in [9.17, 15) is 19.7 Å². The SMILES string of the molecule is O=C(NCCc1ccc(N2CCCCC2)cc1)C(=O)Nc1ccc([N+](=O)[O-])cc1. The lowest BCUT2D eigenvalue weighted by molar-refractivity contribution is -0.384. The Balaban J connectivity index is 1.42. The largest absolute Gasteiger partial charge is 0.372 e. The average molecular weight is 396 g/mol. The van der Waals surface area contributed by atoms with Gasteiger partial charge in [0.15, 0.2) is 0 Å². The number of benzene rings is 2. The zero-order chi connectivity index (χ0) is 20.6. The molecule has 2 N–H and O–H groups in total. The van der Waals surface area contributed by atoms with Gasteiger partial charge in [-0.05, 0) is 55.5 Å². The highest BCUT2D eigenvalue weighted by Gasteiger charge is 2.14. The van der Waals surface area contributed by atoms with Crippen LogP contribution in [0.3, 0.4) is 0 Å². The summed E-state index contributed by atoms with van der Waals surface area (Å²) >= 11 is 0. The van der Waals surface area contributed by atoms with Gasteiger partial charge in [-0.15, -0.1) is 0 Å². The van der Waals surface area contributed by atoms with Crippen LogP contribution in [0.5, 0.6) is 0 Å². The fourth-order valence-electron chi connectivity index (χ4n) is 3.28. The highest BCUT2D eigenvalue weighted by Crippen LogP contribution is 2.20. The normalized spacial score (nSPS) is 13.6. The number of anilines is 2. The smallest absolute Gasteiger partial charge is 0.313 e. The number of hydrogen-bond acceptors (Lipinski definition) is 5. The van der Waals surface area contributed by atoms with Crippen molar-refractivity contribution in [3.63, 3.8) is 0 Å². The average Bonchev–Trinajstić information content (AvgIpc) is 2.75. The maximum Gasteiger partial charge on any atom is 0.313 e. The maximum absolute atomic E-state index is 11.9. The summed E-state index contributed by atoms with van der Waals surface area (Å²) in [7, 11) is 0. The predicted octanol–water partition coefficient (Wildman–Crippen LogP) is 2.88. The number of carbonyl (C=O) groups is 2. The summed E-state index contributed by atoms with van der Waals surface area (Å²) in [5.41, 5.74) is 2.55. The molecular weight excluding hydrogens is 372 g/mol. The van der Waals surface area contributed by atoms with Gasteiger partial charge in [-0.2, -0.15) is 0 Å². The second kappa shape index (κ2) is 9.68. The van der Waals surface area contributed by atoms with E-state index in [0.717, 1.165) is 18.7 Å². The summed E-state index contributed by atoms with van der Waals surface area (Å²) in [6.07, 6.45) is 4.38. The van der Waals surface area contributed by atoms with Crippen LogP contribution < -0.4 is 15.5 Å². The fraction of sp³-hybridized carbons (Fsp3) is 0.333. The zero-order valence-corrected chi connectivity index (χ0v) is 16.1. The molecule has 8 heteroatoms. The monoisotopic (exact) mass is 396 g/mol. The molecule has 0 spiro atoms. The summed E-state index contributed by atoms with van der Waals surface area (Å²) in [6.45, 7) is 2.54. The van der Waals surface area contributed by atoms with Gasteiger partial charge in [-0.3, -0.25) is 19.7 Å². The van der Waals surface area contributed by atoms with Crippen molar-refractivity contribution in [1.82, 2.24) is 5.32 Å². The minimum absolute atomic E-state index is 0.0845. The number of nitrogens with zero attached hydrogens (tertiary/aromatic N) is 2. The van der Waals surface area contributed by atoms with E-state index < -0.39 is 16.7 Å². The van der Waals surface area contributed by atoms with Gasteiger partial charge >= 0.3 is 11.8 Å². The summed E-state index contributed by atoms with van der Waals surface area (Å²) in [5, 5.41) is 15.6. The van der Waals surface area contributed by atoms with Crippen LogP contribution in [0.15, 0.2) is 48.5 Å². The lowest BCUT2D eigenvalue weighted by Crippen LogP contribution is -2.36. The first-order valence-electron chi connectivity index (χ1n) is 9.70. The van der Waals surface area contributed by atoms with E-state index in [1.165, 1.54) is 49.2 Å². The van der Waals surface area contributed by atoms with Gasteiger partial charge in [0.1, 0.15) is 0 Å². The Morgan fingerprint density at radius 1 is 0.931 bits per heavy atom. The van der Waals surface area contributed by atoms with Gasteiger partial charge in [0.05, 0.1) is 4.92 Å². The second-order valence-electron chi connectivity index (χ2n) is 6.98. The van der Waals surface area contributed by atoms with E-state index in [1.54, 1.807) is 0 Å². The van der Waals surface area contributed by atoms with Crippen molar-refractivity contribution >= 4 is 28.9 Å². The van der Waals surface area contributed by atoms with Crippen LogP contribution in [0.4, 0.5) is 17.1 Å². The highest BCUT2D eigenvalue weighted by molar-refractivity contribution is 6.39. The molecule has 2 aromatic carbocycles. The van der Waals surface area contributed by atoms with E-state index in [1.807, 2.05) is 12.1 Å². The van der Waals surface area contributed by atoms with Crippen LogP contribution in [0.25, 0.3) is 0 Å². The van der Waals surface area contributed by atoms with Crippen LogP contribution in [-0.4, -0.2) is 36.4 Å². The van der Waals surface area contributed by atoms with Crippen LogP contribution >= 0.6 is 0 Å². The molecule has 152 valence electrons. The molecule has 3 rings (SSSR count). The Labute approximate surface area is 169 Å². The molecule has 2 amide bonds. The Morgan fingerprint density at radius 2 is 1.59 bits per heavy atom. The Morgan fingerprint density at radius 3 is 2.21 bits per heavy atom. The Hall–Kier alpha value is -3.42. The molecule has 0 unspecified atom stereocenters. The van der Waals surface area contributed by atoms with E-state index in [-0.39, 0.29) is 5.69 Å². The molecule has 1 fully saturated rings. The van der Waals surface area contributed by atoms with Crippen molar-refractivity contribution in [2.24, 2.45) is 0 Å². The molecule has 0 radical (unpaired) electrons. The summed E-state index contributed by atoms with van der Waals surface area (Å²) in [5.74, 6) is -1.55. The summed E-state index contributed by atoms with van der Waals surface area (Å²) in [6, 6.07) is 13.6. The van der Waals surface area contributed by atoms with Gasteiger partial charge < -0.3 is 15.5 Å². The maximum atomic E-state index is 11.9. The quantitative estimate of drug-likeness (QED) is 0.444. The number of hydrogen-bond donors (Lipinski definition) is 2. The van der Waals surface area contributed by atoms with Gasteiger partial charge in [0.25, 0.3) is 5.69 Å². The number of carbonyl (C=O) groups excluding carboxylic acids is 2. The molecule has 1 aliphatic heterocycles. The standard InChI is InChI=1S/C21H24N4O4/c26-20(21(27)23-17-6-10-19(11-7-17)25(28)29)22-13-12-16-4-8-18(9-5-16)24-14-2-1-3-15-24/h4-11H,1-3,12-15H2,(H,22,26)(H,23,27). The van der Waals surface area contributed by atoms with E-state index in [4.69, 9.17) is 0 Å². The molecule has 1 aliphatic rings. The van der Waals surface area contributed by atoms with E-state index in [0.29, 0.717) is 18.7 Å². The second-order valence-corrected chi connectivity index (χ2v) is 6.98. The molecule has 0 bridgehead atoms. The number of nitrogens with one attached hydrogen (secondary N) is 2. The number of rotatable bonds is 6. The third-order valence-electron chi connectivity index (χ3n) is 4.90. The lowest BCUT2D eigenvalue weighted by atomic mass is 10.1. The first-order chi connectivity index (χ1) is 14.0. The number of amides is 2. The molecule has 1 saturated heterocycles. The molecule has 0 atom stereocenters. The molecule has 0 aliphatic carbocycles. The molecule has 29 heavy (non-hydrogen) atoms. The molecule has 8 nitrogen and oxygen atoms in total. The highest BCUT2D eigenvalue weighted by atomic mass is 16.6. The van der Waals surface area contributed by atoms with Gasteiger partial charge in [0.2, 0.25) is 0 Å². The summed E-state index contributed by atoms with van der Waals surface area (Å²) < 4.78 is 0. The van der Waals surface area contributed by atoms with Crippen molar-refractivity contribution in [2.75, 3.05) is 29.9 Å². The van der Waals surface area contributed by atoms with Crippen LogP contribution in [0.1, 0.15) is 24.8 Å². The van der Waals surface area contributed by atoms with Crippen LogP contribution in [0.2, 0.25) is 0 Å². The van der Waals surface area contributed by atoms with E-state index in [2.05, 4.69) is 27.7 Å². The lowest BCUT2D eigenvalue weighted by Gasteiger charge is -2.28. The first kappa shape index (κ1) is 20.3. The van der Waals surface area contributed by atoms with Gasteiger partial charge in [-0.1, -0.05) is 12.1 Å². The van der Waals surface area contributed by atoms with Gasteiger partial charge in [-0.25, -0.2) is 0 Å².